The Kier molecular flexibility index (Phi) is 3.97. The van der Waals surface area contributed by atoms with Gasteiger partial charge in [0, 0.05) is 17.1 Å². The molecule has 3 nitrogen and oxygen atoms in total. The second kappa shape index (κ2) is 6.06. The third-order valence-corrected chi connectivity index (χ3v) is 4.07. The summed E-state index contributed by atoms with van der Waals surface area (Å²) < 4.78 is 0. The summed E-state index contributed by atoms with van der Waals surface area (Å²) in [6.45, 7) is 4.19. The quantitative estimate of drug-likeness (QED) is 0.750. The molecule has 2 heterocycles. The Balaban J connectivity index is 1.77. The molecule has 3 rings (SSSR count). The maximum atomic E-state index is 4.62. The number of hydrogen-bond acceptors (Lipinski definition) is 4. The highest BCUT2D eigenvalue weighted by Gasteiger charge is 2.05. The number of aryl methyl sites for hydroxylation is 2. The van der Waals surface area contributed by atoms with Crippen molar-refractivity contribution in [3.8, 4) is 11.3 Å². The number of anilines is 2. The molecule has 21 heavy (non-hydrogen) atoms. The van der Waals surface area contributed by atoms with Crippen molar-refractivity contribution in [2.75, 3.05) is 5.32 Å². The maximum absolute atomic E-state index is 4.62. The first-order valence-electron chi connectivity index (χ1n) is 6.99. The first kappa shape index (κ1) is 13.8. The van der Waals surface area contributed by atoms with Gasteiger partial charge in [-0.3, -0.25) is 0 Å². The van der Waals surface area contributed by atoms with Crippen molar-refractivity contribution in [3.63, 3.8) is 0 Å². The second-order valence-electron chi connectivity index (χ2n) is 4.93. The monoisotopic (exact) mass is 295 g/mol. The van der Waals surface area contributed by atoms with Crippen LogP contribution in [-0.4, -0.2) is 9.97 Å². The lowest BCUT2D eigenvalue weighted by atomic mass is 10.1. The van der Waals surface area contributed by atoms with Gasteiger partial charge in [-0.25, -0.2) is 9.97 Å². The molecular formula is C17H17N3S. The molecule has 4 heteroatoms. The van der Waals surface area contributed by atoms with Crippen molar-refractivity contribution < 1.29 is 0 Å². The second-order valence-corrected chi connectivity index (χ2v) is 5.79. The average Bonchev–Trinajstić information content (AvgIpc) is 2.98. The SMILES string of the molecule is CCc1ccc(-c2csc(Nc3ccc(C)cn3)n2)cc1. The number of hydrogen-bond donors (Lipinski definition) is 1. The zero-order valence-electron chi connectivity index (χ0n) is 12.1. The topological polar surface area (TPSA) is 37.8 Å². The summed E-state index contributed by atoms with van der Waals surface area (Å²) in [4.78, 5) is 8.95. The van der Waals surface area contributed by atoms with E-state index in [0.717, 1.165) is 34.2 Å². The van der Waals surface area contributed by atoms with Gasteiger partial charge >= 0.3 is 0 Å². The largest absolute Gasteiger partial charge is 0.316 e. The summed E-state index contributed by atoms with van der Waals surface area (Å²) in [7, 11) is 0. The Morgan fingerprint density at radius 1 is 1.10 bits per heavy atom. The van der Waals surface area contributed by atoms with E-state index in [1.165, 1.54) is 5.56 Å². The standard InChI is InChI=1S/C17H17N3S/c1-3-13-5-7-14(8-6-13)15-11-21-17(19-15)20-16-9-4-12(2)10-18-16/h4-11H,3H2,1-2H3,(H,18,19,20). The van der Waals surface area contributed by atoms with Crippen molar-refractivity contribution in [2.24, 2.45) is 0 Å². The molecule has 0 spiro atoms. The Hall–Kier alpha value is -2.20. The van der Waals surface area contributed by atoms with Gasteiger partial charge in [-0.1, -0.05) is 37.3 Å². The zero-order chi connectivity index (χ0) is 14.7. The van der Waals surface area contributed by atoms with E-state index in [4.69, 9.17) is 0 Å². The summed E-state index contributed by atoms with van der Waals surface area (Å²) in [5.74, 6) is 0.822. The molecule has 0 radical (unpaired) electrons. The van der Waals surface area contributed by atoms with Gasteiger partial charge in [-0.2, -0.15) is 0 Å². The first-order chi connectivity index (χ1) is 10.2. The lowest BCUT2D eigenvalue weighted by Crippen LogP contribution is -1.92. The van der Waals surface area contributed by atoms with Gasteiger partial charge in [-0.15, -0.1) is 11.3 Å². The van der Waals surface area contributed by atoms with Crippen LogP contribution in [0.5, 0.6) is 0 Å². The molecule has 0 unspecified atom stereocenters. The van der Waals surface area contributed by atoms with Crippen LogP contribution >= 0.6 is 11.3 Å². The van der Waals surface area contributed by atoms with E-state index in [2.05, 4.69) is 51.9 Å². The van der Waals surface area contributed by atoms with Gasteiger partial charge < -0.3 is 5.32 Å². The van der Waals surface area contributed by atoms with E-state index >= 15 is 0 Å². The van der Waals surface area contributed by atoms with Crippen LogP contribution in [0, 0.1) is 6.92 Å². The van der Waals surface area contributed by atoms with Gasteiger partial charge in [0.15, 0.2) is 5.13 Å². The Morgan fingerprint density at radius 2 is 1.90 bits per heavy atom. The van der Waals surface area contributed by atoms with Crippen LogP contribution in [0.15, 0.2) is 48.0 Å². The molecule has 106 valence electrons. The van der Waals surface area contributed by atoms with Crippen LogP contribution in [0.1, 0.15) is 18.1 Å². The Morgan fingerprint density at radius 3 is 2.57 bits per heavy atom. The normalized spacial score (nSPS) is 10.6. The van der Waals surface area contributed by atoms with Crippen LogP contribution in [0.2, 0.25) is 0 Å². The number of nitrogens with one attached hydrogen (secondary N) is 1. The molecule has 1 N–H and O–H groups in total. The van der Waals surface area contributed by atoms with Crippen molar-refractivity contribution >= 4 is 22.3 Å². The van der Waals surface area contributed by atoms with E-state index in [1.807, 2.05) is 25.3 Å². The van der Waals surface area contributed by atoms with Crippen LogP contribution < -0.4 is 5.32 Å². The highest BCUT2D eigenvalue weighted by molar-refractivity contribution is 7.14. The number of rotatable bonds is 4. The minimum Gasteiger partial charge on any atom is -0.316 e. The molecule has 0 aliphatic heterocycles. The predicted molar refractivity (Wildman–Crippen MR) is 89.2 cm³/mol. The molecule has 0 saturated heterocycles. The highest BCUT2D eigenvalue weighted by Crippen LogP contribution is 2.26. The molecule has 0 atom stereocenters. The van der Waals surface area contributed by atoms with Crippen LogP contribution in [0.25, 0.3) is 11.3 Å². The molecule has 0 aliphatic carbocycles. The molecular weight excluding hydrogens is 278 g/mol. The fourth-order valence-electron chi connectivity index (χ4n) is 2.03. The van der Waals surface area contributed by atoms with Gasteiger partial charge in [0.2, 0.25) is 0 Å². The molecule has 0 amide bonds. The Bertz CT molecular complexity index is 715. The summed E-state index contributed by atoms with van der Waals surface area (Å²) >= 11 is 1.59. The molecule has 1 aromatic carbocycles. The number of nitrogens with zero attached hydrogens (tertiary/aromatic N) is 2. The highest BCUT2D eigenvalue weighted by atomic mass is 32.1. The van der Waals surface area contributed by atoms with Gasteiger partial charge in [0.1, 0.15) is 5.82 Å². The van der Waals surface area contributed by atoms with E-state index in [1.54, 1.807) is 11.3 Å². The van der Waals surface area contributed by atoms with E-state index in [9.17, 15) is 0 Å². The molecule has 3 aromatic rings. The van der Waals surface area contributed by atoms with Gasteiger partial charge in [-0.05, 0) is 30.5 Å². The summed E-state index contributed by atoms with van der Waals surface area (Å²) in [5, 5.41) is 6.17. The van der Waals surface area contributed by atoms with Crippen LogP contribution in [0.4, 0.5) is 10.9 Å². The predicted octanol–water partition coefficient (Wildman–Crippen LogP) is 4.82. The van der Waals surface area contributed by atoms with E-state index in [0.29, 0.717) is 0 Å². The molecule has 2 aromatic heterocycles. The van der Waals surface area contributed by atoms with Gasteiger partial charge in [0.05, 0.1) is 5.69 Å². The van der Waals surface area contributed by atoms with E-state index < -0.39 is 0 Å². The minimum atomic E-state index is 0.822. The van der Waals surface area contributed by atoms with E-state index in [-0.39, 0.29) is 0 Å². The average molecular weight is 295 g/mol. The third-order valence-electron chi connectivity index (χ3n) is 3.31. The van der Waals surface area contributed by atoms with Gasteiger partial charge in [0.25, 0.3) is 0 Å². The summed E-state index contributed by atoms with van der Waals surface area (Å²) in [6, 6.07) is 12.6. The molecule has 0 aliphatic rings. The lowest BCUT2D eigenvalue weighted by molar-refractivity contribution is 1.14. The number of thiazole rings is 1. The lowest BCUT2D eigenvalue weighted by Gasteiger charge is -2.01. The number of aromatic nitrogens is 2. The van der Waals surface area contributed by atoms with Crippen molar-refractivity contribution in [1.82, 2.24) is 9.97 Å². The molecule has 0 saturated carbocycles. The molecule has 0 bridgehead atoms. The fourth-order valence-corrected chi connectivity index (χ4v) is 2.75. The number of pyridine rings is 1. The van der Waals surface area contributed by atoms with Crippen LogP contribution in [-0.2, 0) is 6.42 Å². The maximum Gasteiger partial charge on any atom is 0.188 e. The third kappa shape index (κ3) is 3.28. The first-order valence-corrected chi connectivity index (χ1v) is 7.87. The van der Waals surface area contributed by atoms with Crippen molar-refractivity contribution in [3.05, 3.63) is 59.1 Å². The summed E-state index contributed by atoms with van der Waals surface area (Å²) in [5.41, 5.74) is 4.64. The van der Waals surface area contributed by atoms with Crippen molar-refractivity contribution in [2.45, 2.75) is 20.3 Å². The zero-order valence-corrected chi connectivity index (χ0v) is 12.9. The smallest absolute Gasteiger partial charge is 0.188 e. The minimum absolute atomic E-state index is 0.822. The Labute approximate surface area is 128 Å². The number of benzene rings is 1. The van der Waals surface area contributed by atoms with Crippen molar-refractivity contribution in [1.29, 1.82) is 0 Å². The molecule has 0 fully saturated rings. The summed E-state index contributed by atoms with van der Waals surface area (Å²) in [6.07, 6.45) is 2.91. The van der Waals surface area contributed by atoms with Crippen LogP contribution in [0.3, 0.4) is 0 Å². The fraction of sp³-hybridized carbons (Fsp3) is 0.176.